The molecule has 2 aromatic rings. The van der Waals surface area contributed by atoms with Gasteiger partial charge in [0.1, 0.15) is 0 Å². The van der Waals surface area contributed by atoms with Gasteiger partial charge in [0.15, 0.2) is 0 Å². The van der Waals surface area contributed by atoms with Crippen LogP contribution in [0.5, 0.6) is 0 Å². The van der Waals surface area contributed by atoms with E-state index in [2.05, 4.69) is 47.5 Å². The molecule has 1 N–H and O–H groups in total. The van der Waals surface area contributed by atoms with Gasteiger partial charge in [-0.25, -0.2) is 0 Å². The molecular formula is C15H20N4. The monoisotopic (exact) mass is 256 g/mol. The minimum absolute atomic E-state index is 0.854. The Hall–Kier alpha value is -1.97. The van der Waals surface area contributed by atoms with Crippen LogP contribution in [0.2, 0.25) is 0 Å². The summed E-state index contributed by atoms with van der Waals surface area (Å²) in [4.78, 5) is 2.32. The first-order valence-electron chi connectivity index (χ1n) is 6.85. The summed E-state index contributed by atoms with van der Waals surface area (Å²) in [7, 11) is 2.16. The fourth-order valence-electron chi connectivity index (χ4n) is 2.56. The van der Waals surface area contributed by atoms with Gasteiger partial charge in [0.05, 0.1) is 11.9 Å². The quantitative estimate of drug-likeness (QED) is 0.912. The van der Waals surface area contributed by atoms with Crippen molar-refractivity contribution in [1.82, 2.24) is 9.78 Å². The molecule has 19 heavy (non-hydrogen) atoms. The largest absolute Gasteiger partial charge is 0.378 e. The van der Waals surface area contributed by atoms with E-state index in [1.165, 1.54) is 16.8 Å². The van der Waals surface area contributed by atoms with E-state index < -0.39 is 0 Å². The lowest BCUT2D eigenvalue weighted by atomic mass is 10.1. The molecule has 0 atom stereocenters. The SMILES string of the molecule is CCn1cc(NCc2ccc3c(c2)CCN3C)cn1. The van der Waals surface area contributed by atoms with Crippen LogP contribution in [0.25, 0.3) is 0 Å². The molecule has 1 aliphatic heterocycles. The van der Waals surface area contributed by atoms with Gasteiger partial charge in [-0.15, -0.1) is 0 Å². The van der Waals surface area contributed by atoms with Crippen molar-refractivity contribution in [2.24, 2.45) is 0 Å². The van der Waals surface area contributed by atoms with Crippen molar-refractivity contribution in [3.8, 4) is 0 Å². The van der Waals surface area contributed by atoms with Gasteiger partial charge in [0, 0.05) is 38.6 Å². The maximum Gasteiger partial charge on any atom is 0.0729 e. The average Bonchev–Trinajstić information content (AvgIpc) is 3.03. The topological polar surface area (TPSA) is 33.1 Å². The minimum Gasteiger partial charge on any atom is -0.378 e. The van der Waals surface area contributed by atoms with Crippen LogP contribution in [0.15, 0.2) is 30.6 Å². The predicted molar refractivity (Wildman–Crippen MR) is 78.6 cm³/mol. The van der Waals surface area contributed by atoms with Crippen molar-refractivity contribution in [1.29, 1.82) is 0 Å². The van der Waals surface area contributed by atoms with E-state index in [1.54, 1.807) is 0 Å². The lowest BCUT2D eigenvalue weighted by Gasteiger charge is -2.12. The van der Waals surface area contributed by atoms with Crippen LogP contribution in [0.3, 0.4) is 0 Å². The first-order valence-corrected chi connectivity index (χ1v) is 6.85. The maximum absolute atomic E-state index is 4.26. The van der Waals surface area contributed by atoms with Crippen LogP contribution in [0.1, 0.15) is 18.1 Å². The highest BCUT2D eigenvalue weighted by molar-refractivity contribution is 5.58. The zero-order valence-corrected chi connectivity index (χ0v) is 11.6. The van der Waals surface area contributed by atoms with Gasteiger partial charge in [-0.2, -0.15) is 5.10 Å². The van der Waals surface area contributed by atoms with Crippen molar-refractivity contribution in [3.05, 3.63) is 41.7 Å². The number of fused-ring (bicyclic) bond motifs is 1. The normalized spacial score (nSPS) is 13.7. The summed E-state index contributed by atoms with van der Waals surface area (Å²) in [6.45, 7) is 4.99. The van der Waals surface area contributed by atoms with Gasteiger partial charge in [-0.3, -0.25) is 4.68 Å². The Bertz CT molecular complexity index is 573. The molecule has 0 bridgehead atoms. The second kappa shape index (κ2) is 4.96. The minimum atomic E-state index is 0.854. The van der Waals surface area contributed by atoms with Gasteiger partial charge in [-0.1, -0.05) is 12.1 Å². The molecule has 100 valence electrons. The fraction of sp³-hybridized carbons (Fsp3) is 0.400. The molecule has 0 amide bonds. The third-order valence-electron chi connectivity index (χ3n) is 3.73. The van der Waals surface area contributed by atoms with Gasteiger partial charge in [0.25, 0.3) is 0 Å². The Labute approximate surface area is 114 Å². The van der Waals surface area contributed by atoms with E-state index in [1.807, 2.05) is 17.1 Å². The van der Waals surface area contributed by atoms with E-state index >= 15 is 0 Å². The lowest BCUT2D eigenvalue weighted by Crippen LogP contribution is -2.12. The Balaban J connectivity index is 1.67. The summed E-state index contributed by atoms with van der Waals surface area (Å²) in [6.07, 6.45) is 5.08. The van der Waals surface area contributed by atoms with Crippen LogP contribution < -0.4 is 10.2 Å². The first-order chi connectivity index (χ1) is 9.26. The summed E-state index contributed by atoms with van der Waals surface area (Å²) in [5.74, 6) is 0. The highest BCUT2D eigenvalue weighted by atomic mass is 15.3. The van der Waals surface area contributed by atoms with E-state index in [0.717, 1.165) is 31.7 Å². The van der Waals surface area contributed by atoms with Crippen LogP contribution >= 0.6 is 0 Å². The van der Waals surface area contributed by atoms with Gasteiger partial charge in [-0.05, 0) is 30.5 Å². The fourth-order valence-corrected chi connectivity index (χ4v) is 2.56. The van der Waals surface area contributed by atoms with Crippen molar-refractivity contribution < 1.29 is 0 Å². The number of aryl methyl sites for hydroxylation is 1. The van der Waals surface area contributed by atoms with Crippen LogP contribution in [-0.4, -0.2) is 23.4 Å². The highest BCUT2D eigenvalue weighted by Gasteiger charge is 2.15. The molecule has 4 heteroatoms. The van der Waals surface area contributed by atoms with Crippen molar-refractivity contribution in [2.45, 2.75) is 26.4 Å². The summed E-state index contributed by atoms with van der Waals surface area (Å²) in [5, 5.41) is 7.68. The highest BCUT2D eigenvalue weighted by Crippen LogP contribution is 2.27. The van der Waals surface area contributed by atoms with Gasteiger partial charge in [0.2, 0.25) is 0 Å². The summed E-state index contributed by atoms with van der Waals surface area (Å²) < 4.78 is 1.93. The Kier molecular flexibility index (Phi) is 3.15. The smallest absolute Gasteiger partial charge is 0.0729 e. The van der Waals surface area contributed by atoms with Crippen molar-refractivity contribution in [3.63, 3.8) is 0 Å². The number of nitrogens with one attached hydrogen (secondary N) is 1. The number of rotatable bonds is 4. The summed E-state index contributed by atoms with van der Waals surface area (Å²) >= 11 is 0. The molecule has 4 nitrogen and oxygen atoms in total. The Morgan fingerprint density at radius 1 is 1.37 bits per heavy atom. The molecule has 0 unspecified atom stereocenters. The second-order valence-electron chi connectivity index (χ2n) is 5.07. The maximum atomic E-state index is 4.26. The predicted octanol–water partition coefficient (Wildman–Crippen LogP) is 2.51. The number of hydrogen-bond acceptors (Lipinski definition) is 3. The molecule has 2 heterocycles. The van der Waals surface area contributed by atoms with Gasteiger partial charge >= 0.3 is 0 Å². The number of anilines is 2. The van der Waals surface area contributed by atoms with Crippen LogP contribution in [-0.2, 0) is 19.5 Å². The van der Waals surface area contributed by atoms with Crippen LogP contribution in [0.4, 0.5) is 11.4 Å². The number of hydrogen-bond donors (Lipinski definition) is 1. The standard InChI is InChI=1S/C15H20N4/c1-3-19-11-14(10-17-19)16-9-12-4-5-15-13(8-12)6-7-18(15)2/h4-5,8,10-11,16H,3,6-7,9H2,1-2H3. The first kappa shape index (κ1) is 12.1. The molecule has 1 aliphatic rings. The van der Waals surface area contributed by atoms with Crippen molar-refractivity contribution >= 4 is 11.4 Å². The molecule has 0 fully saturated rings. The van der Waals surface area contributed by atoms with E-state index in [0.29, 0.717) is 0 Å². The van der Waals surface area contributed by atoms with Crippen molar-refractivity contribution in [2.75, 3.05) is 23.8 Å². The summed E-state index contributed by atoms with van der Waals surface area (Å²) in [5.41, 5.74) is 5.26. The lowest BCUT2D eigenvalue weighted by molar-refractivity contribution is 0.660. The molecular weight excluding hydrogens is 236 g/mol. The van der Waals surface area contributed by atoms with Crippen LogP contribution in [0, 0.1) is 0 Å². The zero-order chi connectivity index (χ0) is 13.2. The second-order valence-corrected chi connectivity index (χ2v) is 5.07. The number of aromatic nitrogens is 2. The molecule has 0 saturated carbocycles. The average molecular weight is 256 g/mol. The van der Waals surface area contributed by atoms with Gasteiger partial charge < -0.3 is 10.2 Å². The molecule has 0 saturated heterocycles. The number of benzene rings is 1. The number of nitrogens with zero attached hydrogens (tertiary/aromatic N) is 3. The molecule has 0 radical (unpaired) electrons. The Morgan fingerprint density at radius 3 is 3.05 bits per heavy atom. The molecule has 1 aromatic heterocycles. The zero-order valence-electron chi connectivity index (χ0n) is 11.6. The number of likely N-dealkylation sites (N-methyl/N-ethyl adjacent to an activating group) is 1. The third kappa shape index (κ3) is 2.43. The third-order valence-corrected chi connectivity index (χ3v) is 3.73. The Morgan fingerprint density at radius 2 is 2.26 bits per heavy atom. The van der Waals surface area contributed by atoms with E-state index in [9.17, 15) is 0 Å². The molecule has 1 aromatic carbocycles. The molecule has 3 rings (SSSR count). The summed E-state index contributed by atoms with van der Waals surface area (Å²) in [6, 6.07) is 6.75. The molecule has 0 spiro atoms. The van der Waals surface area contributed by atoms with E-state index in [4.69, 9.17) is 0 Å². The van der Waals surface area contributed by atoms with E-state index in [-0.39, 0.29) is 0 Å². The molecule has 0 aliphatic carbocycles.